The van der Waals surface area contributed by atoms with Crippen molar-refractivity contribution in [1.82, 2.24) is 19.4 Å². The number of imidazole rings is 1. The fraction of sp³-hybridized carbons (Fsp3) is 0.0455. The summed E-state index contributed by atoms with van der Waals surface area (Å²) in [5.41, 5.74) is 5.94. The average molecular weight is 383 g/mol. The molecule has 0 aliphatic rings. The standard InChI is InChI=1S/C22H17N5S/c1-15-7-5-6-10-17(15)24-21-23-12-11-18(25-21)20-19(16-8-3-2-4-9-16)26-22-27(20)13-14-28-22/h2-14H,1H3,(H,23,24,25). The Morgan fingerprint density at radius 3 is 2.61 bits per heavy atom. The van der Waals surface area contributed by atoms with Crippen LogP contribution < -0.4 is 5.32 Å². The van der Waals surface area contributed by atoms with Crippen molar-refractivity contribution in [2.24, 2.45) is 0 Å². The molecule has 5 rings (SSSR count). The molecule has 6 heteroatoms. The number of aromatic nitrogens is 4. The fourth-order valence-corrected chi connectivity index (χ4v) is 3.93. The maximum absolute atomic E-state index is 4.85. The zero-order chi connectivity index (χ0) is 18.9. The number of nitrogens with zero attached hydrogens (tertiary/aromatic N) is 4. The van der Waals surface area contributed by atoms with Gasteiger partial charge in [0, 0.05) is 29.0 Å². The van der Waals surface area contributed by atoms with E-state index in [0.717, 1.165) is 38.9 Å². The van der Waals surface area contributed by atoms with E-state index in [1.165, 1.54) is 0 Å². The predicted molar refractivity (Wildman–Crippen MR) is 114 cm³/mol. The molecule has 0 saturated carbocycles. The summed E-state index contributed by atoms with van der Waals surface area (Å²) < 4.78 is 2.09. The van der Waals surface area contributed by atoms with E-state index in [9.17, 15) is 0 Å². The number of anilines is 2. The molecule has 5 nitrogen and oxygen atoms in total. The summed E-state index contributed by atoms with van der Waals surface area (Å²) in [6, 6.07) is 20.2. The highest BCUT2D eigenvalue weighted by Gasteiger charge is 2.18. The quantitative estimate of drug-likeness (QED) is 0.441. The van der Waals surface area contributed by atoms with Gasteiger partial charge in [-0.15, -0.1) is 11.3 Å². The summed E-state index contributed by atoms with van der Waals surface area (Å²) in [5, 5.41) is 5.36. The second kappa shape index (κ2) is 6.90. The van der Waals surface area contributed by atoms with Crippen molar-refractivity contribution in [3.63, 3.8) is 0 Å². The van der Waals surface area contributed by atoms with Crippen LogP contribution in [0.3, 0.4) is 0 Å². The third-order valence-corrected chi connectivity index (χ3v) is 5.36. The summed E-state index contributed by atoms with van der Waals surface area (Å²) in [4.78, 5) is 15.0. The van der Waals surface area contributed by atoms with Crippen LogP contribution in [0.25, 0.3) is 27.6 Å². The maximum Gasteiger partial charge on any atom is 0.227 e. The molecule has 0 atom stereocenters. The molecule has 3 heterocycles. The molecule has 0 spiro atoms. The Kier molecular flexibility index (Phi) is 4.10. The largest absolute Gasteiger partial charge is 0.324 e. The lowest BCUT2D eigenvalue weighted by Gasteiger charge is -2.09. The molecule has 5 aromatic rings. The van der Waals surface area contributed by atoms with Crippen molar-refractivity contribution in [3.8, 4) is 22.6 Å². The second-order valence-corrected chi connectivity index (χ2v) is 7.31. The first kappa shape index (κ1) is 16.6. The molecular formula is C22H17N5S. The summed E-state index contributed by atoms with van der Waals surface area (Å²) >= 11 is 1.61. The van der Waals surface area contributed by atoms with Crippen LogP contribution in [0.1, 0.15) is 5.56 Å². The van der Waals surface area contributed by atoms with Crippen molar-refractivity contribution in [1.29, 1.82) is 0 Å². The van der Waals surface area contributed by atoms with Gasteiger partial charge in [-0.1, -0.05) is 48.5 Å². The molecule has 136 valence electrons. The molecule has 28 heavy (non-hydrogen) atoms. The smallest absolute Gasteiger partial charge is 0.227 e. The Balaban J connectivity index is 1.63. The predicted octanol–water partition coefficient (Wildman–Crippen LogP) is 5.57. The average Bonchev–Trinajstić information content (AvgIpc) is 3.32. The van der Waals surface area contributed by atoms with Gasteiger partial charge in [0.25, 0.3) is 0 Å². The van der Waals surface area contributed by atoms with Gasteiger partial charge in [0.2, 0.25) is 5.95 Å². The number of hydrogen-bond donors (Lipinski definition) is 1. The highest BCUT2D eigenvalue weighted by atomic mass is 32.1. The molecule has 0 aliphatic heterocycles. The van der Waals surface area contributed by atoms with Gasteiger partial charge < -0.3 is 5.32 Å². The van der Waals surface area contributed by atoms with Crippen LogP contribution >= 0.6 is 11.3 Å². The van der Waals surface area contributed by atoms with Gasteiger partial charge in [0.15, 0.2) is 4.96 Å². The molecule has 1 N–H and O–H groups in total. The molecule has 0 amide bonds. The first-order valence-electron chi connectivity index (χ1n) is 8.96. The number of benzene rings is 2. The Morgan fingerprint density at radius 2 is 1.75 bits per heavy atom. The Morgan fingerprint density at radius 1 is 0.929 bits per heavy atom. The van der Waals surface area contributed by atoms with Crippen molar-refractivity contribution >= 4 is 27.9 Å². The van der Waals surface area contributed by atoms with Gasteiger partial charge in [-0.05, 0) is 24.6 Å². The molecule has 0 aliphatic carbocycles. The lowest BCUT2D eigenvalue weighted by Crippen LogP contribution is -2.00. The molecule has 0 radical (unpaired) electrons. The maximum atomic E-state index is 4.85. The molecule has 0 saturated heterocycles. The number of hydrogen-bond acceptors (Lipinski definition) is 5. The van der Waals surface area contributed by atoms with Crippen molar-refractivity contribution in [2.45, 2.75) is 6.92 Å². The topological polar surface area (TPSA) is 55.1 Å². The first-order chi connectivity index (χ1) is 13.8. The summed E-state index contributed by atoms with van der Waals surface area (Å²) in [6.07, 6.45) is 3.81. The molecule has 3 aromatic heterocycles. The van der Waals surface area contributed by atoms with E-state index in [1.807, 2.05) is 54.0 Å². The van der Waals surface area contributed by atoms with E-state index in [-0.39, 0.29) is 0 Å². The Hall–Kier alpha value is -3.51. The van der Waals surface area contributed by atoms with Crippen LogP contribution in [-0.4, -0.2) is 19.4 Å². The molecule has 0 bridgehead atoms. The number of fused-ring (bicyclic) bond motifs is 1. The zero-order valence-corrected chi connectivity index (χ0v) is 16.0. The van der Waals surface area contributed by atoms with E-state index in [0.29, 0.717) is 5.95 Å². The highest BCUT2D eigenvalue weighted by molar-refractivity contribution is 7.15. The zero-order valence-electron chi connectivity index (χ0n) is 15.2. The monoisotopic (exact) mass is 383 g/mol. The minimum atomic E-state index is 0.566. The number of nitrogens with one attached hydrogen (secondary N) is 1. The van der Waals surface area contributed by atoms with Gasteiger partial charge in [-0.3, -0.25) is 4.40 Å². The lowest BCUT2D eigenvalue weighted by atomic mass is 10.1. The van der Waals surface area contributed by atoms with Crippen LogP contribution in [0.2, 0.25) is 0 Å². The molecule has 0 fully saturated rings. The van der Waals surface area contributed by atoms with Crippen molar-refractivity contribution in [3.05, 3.63) is 84.0 Å². The fourth-order valence-electron chi connectivity index (χ4n) is 3.21. The minimum Gasteiger partial charge on any atom is -0.324 e. The Labute approximate surface area is 166 Å². The van der Waals surface area contributed by atoms with Gasteiger partial charge in [-0.25, -0.2) is 15.0 Å². The molecule has 0 unspecified atom stereocenters. The summed E-state index contributed by atoms with van der Waals surface area (Å²) in [5.74, 6) is 0.566. The Bertz CT molecular complexity index is 1260. The van der Waals surface area contributed by atoms with Gasteiger partial charge in [0.1, 0.15) is 5.69 Å². The van der Waals surface area contributed by atoms with E-state index >= 15 is 0 Å². The van der Waals surface area contributed by atoms with Crippen LogP contribution in [0.15, 0.2) is 78.4 Å². The number of thiazole rings is 1. The van der Waals surface area contributed by atoms with Crippen LogP contribution in [0, 0.1) is 6.92 Å². The molecule has 2 aromatic carbocycles. The van der Waals surface area contributed by atoms with E-state index < -0.39 is 0 Å². The third kappa shape index (κ3) is 2.93. The first-order valence-corrected chi connectivity index (χ1v) is 9.84. The van der Waals surface area contributed by atoms with E-state index in [2.05, 4.69) is 39.8 Å². The van der Waals surface area contributed by atoms with Gasteiger partial charge in [0.05, 0.1) is 11.4 Å². The van der Waals surface area contributed by atoms with Crippen LogP contribution in [-0.2, 0) is 0 Å². The highest BCUT2D eigenvalue weighted by Crippen LogP contribution is 2.33. The third-order valence-electron chi connectivity index (χ3n) is 4.60. The minimum absolute atomic E-state index is 0.566. The molecular weight excluding hydrogens is 366 g/mol. The normalized spacial score (nSPS) is 11.0. The lowest BCUT2D eigenvalue weighted by molar-refractivity contribution is 1.14. The van der Waals surface area contributed by atoms with Crippen LogP contribution in [0.5, 0.6) is 0 Å². The number of aryl methyl sites for hydroxylation is 1. The van der Waals surface area contributed by atoms with Gasteiger partial charge >= 0.3 is 0 Å². The summed E-state index contributed by atoms with van der Waals surface area (Å²) in [7, 11) is 0. The SMILES string of the molecule is Cc1ccccc1Nc1nccc(-c2c(-c3ccccc3)nc3sccn23)n1. The number of rotatable bonds is 4. The summed E-state index contributed by atoms with van der Waals surface area (Å²) in [6.45, 7) is 2.06. The second-order valence-electron chi connectivity index (χ2n) is 6.44. The number of para-hydroxylation sites is 1. The van der Waals surface area contributed by atoms with Crippen LogP contribution in [0.4, 0.5) is 11.6 Å². The van der Waals surface area contributed by atoms with Crippen molar-refractivity contribution in [2.75, 3.05) is 5.32 Å². The van der Waals surface area contributed by atoms with E-state index in [1.54, 1.807) is 17.5 Å². The van der Waals surface area contributed by atoms with Crippen molar-refractivity contribution < 1.29 is 0 Å². The van der Waals surface area contributed by atoms with Gasteiger partial charge in [-0.2, -0.15) is 0 Å². The van der Waals surface area contributed by atoms with E-state index in [4.69, 9.17) is 9.97 Å².